The molecule has 0 spiro atoms. The van der Waals surface area contributed by atoms with Crippen LogP contribution in [0.4, 0.5) is 0 Å². The lowest BCUT2D eigenvalue weighted by Crippen LogP contribution is -2.16. The van der Waals surface area contributed by atoms with Crippen molar-refractivity contribution < 1.29 is 0 Å². The van der Waals surface area contributed by atoms with Gasteiger partial charge in [0.15, 0.2) is 0 Å². The molecule has 0 aromatic heterocycles. The van der Waals surface area contributed by atoms with Crippen LogP contribution in [0.3, 0.4) is 0 Å². The fourth-order valence-electron chi connectivity index (χ4n) is 0.727. The molecule has 0 radical (unpaired) electrons. The second kappa shape index (κ2) is 12.2. The molecule has 0 rings (SSSR count). The van der Waals surface area contributed by atoms with Crippen molar-refractivity contribution in [2.75, 3.05) is 0 Å². The molecule has 1 atom stereocenters. The zero-order valence-corrected chi connectivity index (χ0v) is 21.5. The molecular formula is C5H12Cl10Si4. The van der Waals surface area contributed by atoms with Crippen molar-refractivity contribution in [1.29, 1.82) is 0 Å². The van der Waals surface area contributed by atoms with Crippen LogP contribution in [0.5, 0.6) is 0 Å². The van der Waals surface area contributed by atoms with Gasteiger partial charge in [-0.2, -0.15) is 44.3 Å². The Balaban J connectivity index is 0. The zero-order chi connectivity index (χ0) is 15.9. The van der Waals surface area contributed by atoms with E-state index in [0.717, 1.165) is 0 Å². The van der Waals surface area contributed by atoms with E-state index < -0.39 is 26.8 Å². The first-order valence-electron chi connectivity index (χ1n) is 4.94. The molecule has 0 aliphatic carbocycles. The van der Waals surface area contributed by atoms with Crippen molar-refractivity contribution in [2.24, 2.45) is 0 Å². The summed E-state index contributed by atoms with van der Waals surface area (Å²) in [6.45, 7) is 1.92. The molecule has 0 heterocycles. The standard InChI is InChI=1S/C3H7Cl5Si2.C2H5Cl5Si2/c1-3(9(4)5)2-10(6,7)8;3-8(4)1-2-9(5,6)7/h3,9H,2H2,1H3;8H,1-2H2. The monoisotopic (exact) mass is 534 g/mol. The molecule has 0 amide bonds. The van der Waals surface area contributed by atoms with Crippen LogP contribution in [-0.2, 0) is 0 Å². The Labute approximate surface area is 166 Å². The van der Waals surface area contributed by atoms with Gasteiger partial charge in [-0.05, 0) is 23.7 Å². The summed E-state index contributed by atoms with van der Waals surface area (Å²) in [5.41, 5.74) is 0.197. The van der Waals surface area contributed by atoms with E-state index >= 15 is 0 Å². The maximum Gasteiger partial charge on any atom is 0.341 e. The smallest absolute Gasteiger partial charge is 0.150 e. The van der Waals surface area contributed by atoms with E-state index in [-0.39, 0.29) is 5.54 Å². The first-order valence-corrected chi connectivity index (χ1v) is 23.9. The van der Waals surface area contributed by atoms with Crippen LogP contribution in [0.2, 0.25) is 23.7 Å². The van der Waals surface area contributed by atoms with E-state index in [1.165, 1.54) is 0 Å². The van der Waals surface area contributed by atoms with E-state index in [9.17, 15) is 0 Å². The van der Waals surface area contributed by atoms with Crippen LogP contribution in [-0.4, -0.2) is 26.8 Å². The van der Waals surface area contributed by atoms with Crippen molar-refractivity contribution in [3.63, 3.8) is 0 Å². The molecule has 0 saturated heterocycles. The predicted molar refractivity (Wildman–Crippen MR) is 108 cm³/mol. The molecule has 0 fully saturated rings. The summed E-state index contributed by atoms with van der Waals surface area (Å²) in [5, 5.41) is 0. The minimum absolute atomic E-state index is 0.197. The third-order valence-corrected chi connectivity index (χ3v) is 13.4. The first-order chi connectivity index (χ1) is 8.24. The molecule has 14 heteroatoms. The van der Waals surface area contributed by atoms with Gasteiger partial charge in [-0.3, -0.25) is 0 Å². The Kier molecular flexibility index (Phi) is 16.0. The number of halogens is 10. The molecule has 0 bridgehead atoms. The lowest BCUT2D eigenvalue weighted by atomic mass is 10.6. The average Bonchev–Trinajstić information content (AvgIpc) is 2.11. The van der Waals surface area contributed by atoms with E-state index in [4.69, 9.17) is 111 Å². The third-order valence-electron chi connectivity index (χ3n) is 1.63. The Morgan fingerprint density at radius 2 is 1.26 bits per heavy atom. The highest BCUT2D eigenvalue weighted by molar-refractivity contribution is 7.65. The van der Waals surface area contributed by atoms with Gasteiger partial charge in [-0.15, -0.1) is 66.5 Å². The molecule has 19 heavy (non-hydrogen) atoms. The van der Waals surface area contributed by atoms with Gasteiger partial charge in [0.2, 0.25) is 14.8 Å². The van der Waals surface area contributed by atoms with Gasteiger partial charge in [0.05, 0.1) is 0 Å². The van der Waals surface area contributed by atoms with Gasteiger partial charge in [-0.1, -0.05) is 6.92 Å². The first kappa shape index (κ1) is 25.0. The Morgan fingerprint density at radius 3 is 1.37 bits per heavy atom. The largest absolute Gasteiger partial charge is 0.341 e. The van der Waals surface area contributed by atoms with Crippen molar-refractivity contribution in [3.8, 4) is 0 Å². The zero-order valence-electron chi connectivity index (χ0n) is 9.63. The Bertz CT molecular complexity index is 225. The van der Waals surface area contributed by atoms with E-state index in [0.29, 0.717) is 18.1 Å². The van der Waals surface area contributed by atoms with E-state index in [1.807, 2.05) is 6.92 Å². The van der Waals surface area contributed by atoms with E-state index in [2.05, 4.69) is 0 Å². The number of rotatable bonds is 6. The van der Waals surface area contributed by atoms with Gasteiger partial charge < -0.3 is 0 Å². The SMILES string of the molecule is CC(C[Si](Cl)(Cl)Cl)[SiH](Cl)Cl.Cl[SiH](Cl)CC[Si](Cl)(Cl)Cl. The maximum atomic E-state index is 5.68. The fourth-order valence-corrected chi connectivity index (χ4v) is 15.5. The van der Waals surface area contributed by atoms with Crippen LogP contribution in [0.25, 0.3) is 0 Å². The van der Waals surface area contributed by atoms with Gasteiger partial charge in [-0.25, -0.2) is 0 Å². The minimum atomic E-state index is -2.50. The summed E-state index contributed by atoms with van der Waals surface area (Å²) in [6, 6.07) is -3.08. The lowest BCUT2D eigenvalue weighted by molar-refractivity contribution is 1.05. The van der Waals surface area contributed by atoms with Crippen molar-refractivity contribution in [1.82, 2.24) is 0 Å². The minimum Gasteiger partial charge on any atom is -0.150 e. The maximum absolute atomic E-state index is 5.68. The lowest BCUT2D eigenvalue weighted by Gasteiger charge is -2.14. The molecule has 118 valence electrons. The summed E-state index contributed by atoms with van der Waals surface area (Å²) < 4.78 is 0. The second-order valence-corrected chi connectivity index (χ2v) is 32.6. The molecule has 0 nitrogen and oxygen atoms in total. The normalized spacial score (nSPS) is 14.4. The molecular weight excluding hydrogens is 527 g/mol. The molecule has 1 unspecified atom stereocenters. The fraction of sp³-hybridized carbons (Fsp3) is 1.00. The second-order valence-electron chi connectivity index (χ2n) is 3.68. The van der Waals surface area contributed by atoms with Gasteiger partial charge in [0.25, 0.3) is 0 Å². The van der Waals surface area contributed by atoms with Gasteiger partial charge in [0.1, 0.15) is 0 Å². The molecule has 0 aromatic rings. The molecule has 0 aliphatic rings. The quantitative estimate of drug-likeness (QED) is 0.251. The highest BCUT2D eigenvalue weighted by atomic mass is 35.8. The van der Waals surface area contributed by atoms with Crippen LogP contribution >= 0.6 is 111 Å². The number of hydrogen-bond acceptors (Lipinski definition) is 0. The predicted octanol–water partition coefficient (Wildman–Crippen LogP) is 7.07. The van der Waals surface area contributed by atoms with E-state index in [1.54, 1.807) is 0 Å². The average molecular weight is 539 g/mol. The summed E-state index contributed by atoms with van der Waals surface area (Å²) in [7, 11) is -3.18. The molecule has 0 aliphatic heterocycles. The van der Waals surface area contributed by atoms with Crippen molar-refractivity contribution >= 4 is 138 Å². The van der Waals surface area contributed by atoms with Crippen LogP contribution < -0.4 is 0 Å². The Hall–Kier alpha value is 3.77. The molecule has 0 saturated carbocycles. The van der Waals surface area contributed by atoms with Gasteiger partial charge >= 0.3 is 12.0 Å². The highest BCUT2D eigenvalue weighted by Crippen LogP contribution is 2.34. The molecule has 0 N–H and O–H groups in total. The van der Waals surface area contributed by atoms with Crippen molar-refractivity contribution in [2.45, 2.75) is 30.6 Å². The van der Waals surface area contributed by atoms with Gasteiger partial charge in [0, 0.05) is 0 Å². The summed E-state index contributed by atoms with van der Waals surface area (Å²) in [4.78, 5) is 0. The van der Waals surface area contributed by atoms with Crippen LogP contribution in [0.15, 0.2) is 0 Å². The summed E-state index contributed by atoms with van der Waals surface area (Å²) in [5.74, 6) is 0. The van der Waals surface area contributed by atoms with Crippen LogP contribution in [0, 0.1) is 0 Å². The summed E-state index contributed by atoms with van der Waals surface area (Å²) >= 11 is 56.0. The highest BCUT2D eigenvalue weighted by Gasteiger charge is 2.30. The van der Waals surface area contributed by atoms with Crippen molar-refractivity contribution in [3.05, 3.63) is 0 Å². The van der Waals surface area contributed by atoms with Crippen LogP contribution in [0.1, 0.15) is 6.92 Å². The molecule has 0 aromatic carbocycles. The summed E-state index contributed by atoms with van der Waals surface area (Å²) in [6.07, 6.45) is 0. The third kappa shape index (κ3) is 24.1. The topological polar surface area (TPSA) is 0 Å². The Morgan fingerprint density at radius 1 is 0.842 bits per heavy atom. The number of hydrogen-bond donors (Lipinski definition) is 0.